The van der Waals surface area contributed by atoms with Crippen LogP contribution in [0.3, 0.4) is 0 Å². The number of amides is 1. The summed E-state index contributed by atoms with van der Waals surface area (Å²) in [6.45, 7) is 9.85. The van der Waals surface area contributed by atoms with Crippen molar-refractivity contribution in [1.29, 1.82) is 0 Å². The predicted molar refractivity (Wildman–Crippen MR) is 91.5 cm³/mol. The maximum absolute atomic E-state index is 12.1. The lowest BCUT2D eigenvalue weighted by Gasteiger charge is -2.39. The normalized spacial score (nSPS) is 25.4. The SMILES string of the molecule is C=CCOOC.CC1=CC(C(=O)C[C@H]2NC(=O)[C@@H]2C(C)C)NN1C. The number of carbonyl (C=O) groups is 2. The maximum Gasteiger partial charge on any atom is 0.225 e. The molecule has 0 aromatic carbocycles. The van der Waals surface area contributed by atoms with Gasteiger partial charge in [0.2, 0.25) is 5.91 Å². The number of β-lactam (4-membered cyclic amide) rings is 1. The minimum atomic E-state index is -0.250. The first-order chi connectivity index (χ1) is 11.3. The van der Waals surface area contributed by atoms with E-state index in [0.29, 0.717) is 13.0 Å². The van der Waals surface area contributed by atoms with Gasteiger partial charge in [0.05, 0.1) is 13.0 Å². The summed E-state index contributed by atoms with van der Waals surface area (Å²) in [5.41, 5.74) is 4.14. The number of Topliss-reactive ketones (excluding diaryl/α,β-unsaturated/α-hetero) is 1. The van der Waals surface area contributed by atoms with E-state index in [4.69, 9.17) is 0 Å². The Morgan fingerprint density at radius 2 is 2.17 bits per heavy atom. The number of ketones is 1. The quantitative estimate of drug-likeness (QED) is 0.238. The molecule has 7 nitrogen and oxygen atoms in total. The van der Waals surface area contributed by atoms with Crippen LogP contribution in [0, 0.1) is 11.8 Å². The van der Waals surface area contributed by atoms with Gasteiger partial charge in [-0.15, -0.1) is 6.58 Å². The molecule has 0 spiro atoms. The molecule has 2 rings (SSSR count). The van der Waals surface area contributed by atoms with Crippen molar-refractivity contribution in [1.82, 2.24) is 15.8 Å². The average molecular weight is 339 g/mol. The third kappa shape index (κ3) is 5.43. The smallest absolute Gasteiger partial charge is 0.225 e. The highest BCUT2D eigenvalue weighted by Gasteiger charge is 2.42. The van der Waals surface area contributed by atoms with Crippen LogP contribution in [-0.4, -0.2) is 49.5 Å². The van der Waals surface area contributed by atoms with E-state index < -0.39 is 0 Å². The van der Waals surface area contributed by atoms with E-state index >= 15 is 0 Å². The van der Waals surface area contributed by atoms with Gasteiger partial charge in [-0.3, -0.25) is 9.59 Å². The van der Waals surface area contributed by atoms with Crippen LogP contribution in [0.2, 0.25) is 0 Å². The van der Waals surface area contributed by atoms with Gasteiger partial charge < -0.3 is 10.3 Å². The molecule has 24 heavy (non-hydrogen) atoms. The summed E-state index contributed by atoms with van der Waals surface area (Å²) in [6, 6.07) is -0.244. The second-order valence-corrected chi connectivity index (χ2v) is 6.27. The number of nitrogens with zero attached hydrogens (tertiary/aromatic N) is 1. The molecule has 2 N–H and O–H groups in total. The summed E-state index contributed by atoms with van der Waals surface area (Å²) < 4.78 is 0. The molecular weight excluding hydrogens is 310 g/mol. The van der Waals surface area contributed by atoms with E-state index in [9.17, 15) is 9.59 Å². The Bertz CT molecular complexity index is 490. The molecular formula is C17H29N3O4. The Kier molecular flexibility index (Phi) is 8.10. The molecule has 1 amide bonds. The first kappa shape index (κ1) is 20.3. The summed E-state index contributed by atoms with van der Waals surface area (Å²) in [4.78, 5) is 32.1. The van der Waals surface area contributed by atoms with Crippen LogP contribution in [0.1, 0.15) is 27.2 Å². The van der Waals surface area contributed by atoms with Crippen molar-refractivity contribution < 1.29 is 19.4 Å². The zero-order chi connectivity index (χ0) is 18.3. The van der Waals surface area contributed by atoms with E-state index in [0.717, 1.165) is 5.70 Å². The Morgan fingerprint density at radius 3 is 2.54 bits per heavy atom. The van der Waals surface area contributed by atoms with Gasteiger partial charge in [0.15, 0.2) is 5.78 Å². The monoisotopic (exact) mass is 339 g/mol. The van der Waals surface area contributed by atoms with E-state index in [1.165, 1.54) is 7.11 Å². The fourth-order valence-electron chi connectivity index (χ4n) is 2.73. The van der Waals surface area contributed by atoms with Crippen LogP contribution in [0.4, 0.5) is 0 Å². The predicted octanol–water partition coefficient (Wildman–Crippen LogP) is 1.19. The lowest BCUT2D eigenvalue weighted by molar-refractivity contribution is -0.263. The average Bonchev–Trinajstić information content (AvgIpc) is 2.84. The fraction of sp³-hybridized carbons (Fsp3) is 0.647. The largest absolute Gasteiger partial charge is 0.352 e. The summed E-state index contributed by atoms with van der Waals surface area (Å²) in [5.74, 6) is 0.478. The highest BCUT2D eigenvalue weighted by Crippen LogP contribution is 2.26. The molecule has 1 unspecified atom stereocenters. The molecule has 0 aromatic heterocycles. The van der Waals surface area contributed by atoms with Gasteiger partial charge in [0.25, 0.3) is 0 Å². The molecule has 3 atom stereocenters. The van der Waals surface area contributed by atoms with Crippen LogP contribution in [0.15, 0.2) is 24.4 Å². The van der Waals surface area contributed by atoms with Gasteiger partial charge >= 0.3 is 0 Å². The van der Waals surface area contributed by atoms with Gasteiger partial charge in [-0.25, -0.2) is 15.2 Å². The van der Waals surface area contributed by atoms with Gasteiger partial charge in [-0.2, -0.15) is 0 Å². The lowest BCUT2D eigenvalue weighted by Crippen LogP contribution is -2.61. The van der Waals surface area contributed by atoms with Crippen molar-refractivity contribution >= 4 is 11.7 Å². The summed E-state index contributed by atoms with van der Waals surface area (Å²) in [6.07, 6.45) is 3.95. The van der Waals surface area contributed by atoms with Gasteiger partial charge in [-0.05, 0) is 18.9 Å². The van der Waals surface area contributed by atoms with Crippen LogP contribution >= 0.6 is 0 Å². The van der Waals surface area contributed by atoms with Crippen molar-refractivity contribution in [2.75, 3.05) is 20.8 Å². The Balaban J connectivity index is 0.000000413. The first-order valence-electron chi connectivity index (χ1n) is 8.09. The van der Waals surface area contributed by atoms with E-state index in [-0.39, 0.29) is 35.6 Å². The maximum atomic E-state index is 12.1. The number of allylic oxidation sites excluding steroid dienone is 1. The van der Waals surface area contributed by atoms with E-state index in [1.807, 2.05) is 38.9 Å². The van der Waals surface area contributed by atoms with Gasteiger partial charge in [-0.1, -0.05) is 19.9 Å². The summed E-state index contributed by atoms with van der Waals surface area (Å²) >= 11 is 0. The van der Waals surface area contributed by atoms with Crippen molar-refractivity contribution in [2.24, 2.45) is 11.8 Å². The second kappa shape index (κ2) is 9.56. The molecule has 2 heterocycles. The van der Waals surface area contributed by atoms with Crippen LogP contribution in [0.5, 0.6) is 0 Å². The third-order valence-electron chi connectivity index (χ3n) is 4.12. The summed E-state index contributed by atoms with van der Waals surface area (Å²) in [7, 11) is 3.35. The number of nitrogens with one attached hydrogen (secondary N) is 2. The third-order valence-corrected chi connectivity index (χ3v) is 4.12. The summed E-state index contributed by atoms with van der Waals surface area (Å²) in [5, 5.41) is 4.68. The molecule has 0 aromatic rings. The molecule has 0 radical (unpaired) electrons. The fourth-order valence-corrected chi connectivity index (χ4v) is 2.73. The zero-order valence-corrected chi connectivity index (χ0v) is 15.2. The Labute approximate surface area is 144 Å². The molecule has 1 fully saturated rings. The highest BCUT2D eigenvalue weighted by molar-refractivity contribution is 5.92. The highest BCUT2D eigenvalue weighted by atomic mass is 17.2. The molecule has 136 valence electrons. The molecule has 2 aliphatic rings. The molecule has 0 aliphatic carbocycles. The second-order valence-electron chi connectivity index (χ2n) is 6.27. The molecule has 2 aliphatic heterocycles. The number of hydrogen-bond acceptors (Lipinski definition) is 6. The standard InChI is InChI=1S/C13H21N3O2.C4H8O2/c1-7(2)12-10(14-13(12)18)6-11(17)9-5-8(3)16(4)15-9;1-3-4-6-5-2/h5,7,9-10,12,15H,6H2,1-4H3,(H,14,18);3H,1,4H2,2H3/t9?,10-,12-;/m1./s1. The van der Waals surface area contributed by atoms with Crippen molar-refractivity contribution in [2.45, 2.75) is 39.3 Å². The molecule has 1 saturated heterocycles. The van der Waals surface area contributed by atoms with Crippen LogP contribution < -0.4 is 10.7 Å². The van der Waals surface area contributed by atoms with E-state index in [2.05, 4.69) is 27.1 Å². The lowest BCUT2D eigenvalue weighted by atomic mass is 9.78. The Morgan fingerprint density at radius 1 is 1.50 bits per heavy atom. The number of hydrazine groups is 1. The molecule has 0 bridgehead atoms. The first-order valence-corrected chi connectivity index (χ1v) is 8.09. The van der Waals surface area contributed by atoms with E-state index in [1.54, 1.807) is 6.08 Å². The van der Waals surface area contributed by atoms with Crippen molar-refractivity contribution in [3.05, 3.63) is 24.4 Å². The Hall–Kier alpha value is -1.70. The van der Waals surface area contributed by atoms with Crippen LogP contribution in [-0.2, 0) is 19.4 Å². The van der Waals surface area contributed by atoms with Crippen LogP contribution in [0.25, 0.3) is 0 Å². The molecule has 0 saturated carbocycles. The molecule has 7 heteroatoms. The van der Waals surface area contributed by atoms with Gasteiger partial charge in [0.1, 0.15) is 12.6 Å². The number of rotatable bonds is 7. The topological polar surface area (TPSA) is 79.9 Å². The van der Waals surface area contributed by atoms with Gasteiger partial charge in [0, 0.05) is 25.2 Å². The zero-order valence-electron chi connectivity index (χ0n) is 15.2. The minimum Gasteiger partial charge on any atom is -0.352 e. The van der Waals surface area contributed by atoms with Crippen molar-refractivity contribution in [3.8, 4) is 0 Å². The minimum absolute atomic E-state index is 0.00594. The number of hydrogen-bond donors (Lipinski definition) is 2. The number of carbonyl (C=O) groups excluding carboxylic acids is 2. The van der Waals surface area contributed by atoms with Crippen molar-refractivity contribution in [3.63, 3.8) is 0 Å².